The fraction of sp³-hybridized carbons (Fsp3) is 0.231. The Hall–Kier alpha value is -1.89. The van der Waals surface area contributed by atoms with E-state index in [2.05, 4.69) is 26.6 Å². The molecule has 2 amide bonds. The molecule has 0 aromatic heterocycles. The third-order valence-electron chi connectivity index (χ3n) is 2.94. The molecule has 1 aliphatic rings. The molecule has 5 nitrogen and oxygen atoms in total. The number of allylic oxidation sites excluding steroid dienone is 1. The average Bonchev–Trinajstić information content (AvgIpc) is 2.40. The van der Waals surface area contributed by atoms with Crippen LogP contribution < -0.4 is 10.6 Å². The molecule has 0 unspecified atom stereocenters. The van der Waals surface area contributed by atoms with Crippen molar-refractivity contribution in [3.05, 3.63) is 45.3 Å². The van der Waals surface area contributed by atoms with E-state index in [4.69, 9.17) is 4.74 Å². The lowest BCUT2D eigenvalue weighted by atomic mass is 9.95. The molecule has 20 heavy (non-hydrogen) atoms. The smallest absolute Gasteiger partial charge is 0.337 e. The van der Waals surface area contributed by atoms with Crippen molar-refractivity contribution in [2.45, 2.75) is 13.0 Å². The topological polar surface area (TPSA) is 67.4 Å². The summed E-state index contributed by atoms with van der Waals surface area (Å²) in [7, 11) is 1.23. The highest BCUT2D eigenvalue weighted by molar-refractivity contribution is 9.10. The maximum atomic E-state index is 14.0. The number of halogens is 2. The Labute approximate surface area is 123 Å². The highest BCUT2D eigenvalue weighted by Crippen LogP contribution is 2.30. The highest BCUT2D eigenvalue weighted by atomic mass is 79.9. The minimum atomic E-state index is -0.895. The molecule has 0 saturated heterocycles. The summed E-state index contributed by atoms with van der Waals surface area (Å²) in [5.74, 6) is -1.14. The zero-order valence-corrected chi connectivity index (χ0v) is 12.4. The van der Waals surface area contributed by atoms with Crippen LogP contribution in [0.15, 0.2) is 33.9 Å². The lowest BCUT2D eigenvalue weighted by molar-refractivity contribution is -0.136. The van der Waals surface area contributed by atoms with E-state index in [1.54, 1.807) is 6.92 Å². The molecule has 1 aromatic carbocycles. The zero-order valence-electron chi connectivity index (χ0n) is 10.8. The third kappa shape index (κ3) is 2.67. The lowest BCUT2D eigenvalue weighted by Crippen LogP contribution is -2.45. The predicted octanol–water partition coefficient (Wildman–Crippen LogP) is 2.39. The number of carbonyl (C=O) groups is 2. The van der Waals surface area contributed by atoms with Gasteiger partial charge in [-0.15, -0.1) is 0 Å². The molecular formula is C13H12BrFN2O3. The number of esters is 1. The van der Waals surface area contributed by atoms with Gasteiger partial charge >= 0.3 is 12.0 Å². The summed E-state index contributed by atoms with van der Waals surface area (Å²) in [6.45, 7) is 1.56. The van der Waals surface area contributed by atoms with Crippen molar-refractivity contribution in [2.75, 3.05) is 7.11 Å². The van der Waals surface area contributed by atoms with Crippen LogP contribution in [-0.4, -0.2) is 19.1 Å². The van der Waals surface area contributed by atoms with Crippen LogP contribution >= 0.6 is 15.9 Å². The van der Waals surface area contributed by atoms with Gasteiger partial charge < -0.3 is 15.4 Å². The predicted molar refractivity (Wildman–Crippen MR) is 73.2 cm³/mol. The van der Waals surface area contributed by atoms with Crippen molar-refractivity contribution in [1.82, 2.24) is 10.6 Å². The van der Waals surface area contributed by atoms with Crippen molar-refractivity contribution in [3.8, 4) is 0 Å². The van der Waals surface area contributed by atoms with Gasteiger partial charge in [0.25, 0.3) is 0 Å². The molecule has 1 heterocycles. The van der Waals surface area contributed by atoms with E-state index >= 15 is 0 Å². The number of ether oxygens (including phenoxy) is 1. The molecule has 7 heteroatoms. The quantitative estimate of drug-likeness (QED) is 0.811. The van der Waals surface area contributed by atoms with Gasteiger partial charge in [0.15, 0.2) is 0 Å². The number of benzene rings is 1. The van der Waals surface area contributed by atoms with Crippen LogP contribution in [0.25, 0.3) is 0 Å². The van der Waals surface area contributed by atoms with E-state index in [9.17, 15) is 14.0 Å². The molecule has 1 atom stereocenters. The number of nitrogens with one attached hydrogen (secondary N) is 2. The molecule has 0 fully saturated rings. The first-order valence-electron chi connectivity index (χ1n) is 5.75. The first-order chi connectivity index (χ1) is 9.43. The second kappa shape index (κ2) is 5.62. The summed E-state index contributed by atoms with van der Waals surface area (Å²) < 4.78 is 19.3. The SMILES string of the molecule is COC(=O)C1=C(C)NC(=O)N[C@@H]1c1cc(Br)ccc1F. The first kappa shape index (κ1) is 14.5. The van der Waals surface area contributed by atoms with Gasteiger partial charge in [0, 0.05) is 15.7 Å². The average molecular weight is 343 g/mol. The number of hydrogen-bond acceptors (Lipinski definition) is 3. The van der Waals surface area contributed by atoms with Crippen molar-refractivity contribution < 1.29 is 18.7 Å². The van der Waals surface area contributed by atoms with Gasteiger partial charge in [0.05, 0.1) is 18.7 Å². The summed E-state index contributed by atoms with van der Waals surface area (Å²) in [6.07, 6.45) is 0. The molecule has 0 spiro atoms. The number of methoxy groups -OCH3 is 1. The molecule has 1 aliphatic heterocycles. The number of rotatable bonds is 2. The molecule has 2 N–H and O–H groups in total. The van der Waals surface area contributed by atoms with Gasteiger partial charge in [-0.05, 0) is 25.1 Å². The van der Waals surface area contributed by atoms with Crippen LogP contribution in [-0.2, 0) is 9.53 Å². The lowest BCUT2D eigenvalue weighted by Gasteiger charge is -2.28. The maximum Gasteiger partial charge on any atom is 0.337 e. The molecule has 2 rings (SSSR count). The van der Waals surface area contributed by atoms with Crippen molar-refractivity contribution in [3.63, 3.8) is 0 Å². The molecule has 0 aliphatic carbocycles. The Bertz CT molecular complexity index is 616. The van der Waals surface area contributed by atoms with Gasteiger partial charge in [-0.3, -0.25) is 0 Å². The van der Waals surface area contributed by atoms with Crippen LogP contribution in [0.3, 0.4) is 0 Å². The standard InChI is InChI=1S/C13H12BrFN2O3/c1-6-10(12(18)20-2)11(17-13(19)16-6)8-5-7(14)3-4-9(8)15/h3-5,11H,1-2H3,(H2,16,17,19)/t11-/m1/s1. The van der Waals surface area contributed by atoms with Gasteiger partial charge in [-0.2, -0.15) is 0 Å². The first-order valence-corrected chi connectivity index (χ1v) is 6.55. The van der Waals surface area contributed by atoms with Gasteiger partial charge in [0.2, 0.25) is 0 Å². The normalized spacial score (nSPS) is 18.4. The summed E-state index contributed by atoms with van der Waals surface area (Å²) in [6, 6.07) is 2.92. The van der Waals surface area contributed by atoms with Crippen molar-refractivity contribution >= 4 is 27.9 Å². The zero-order chi connectivity index (χ0) is 14.9. The molecule has 0 saturated carbocycles. The Morgan fingerprint density at radius 1 is 1.45 bits per heavy atom. The van der Waals surface area contributed by atoms with Gasteiger partial charge in [0.1, 0.15) is 5.82 Å². The summed E-state index contributed by atoms with van der Waals surface area (Å²) in [5, 5.41) is 5.00. The molecule has 0 radical (unpaired) electrons. The van der Waals surface area contributed by atoms with Crippen LogP contribution in [0.1, 0.15) is 18.5 Å². The minimum Gasteiger partial charge on any atom is -0.466 e. The second-order valence-corrected chi connectivity index (χ2v) is 5.14. The fourth-order valence-corrected chi connectivity index (χ4v) is 2.42. The van der Waals surface area contributed by atoms with E-state index in [0.717, 1.165) is 0 Å². The number of amides is 2. The minimum absolute atomic E-state index is 0.170. The maximum absolute atomic E-state index is 14.0. The van der Waals surface area contributed by atoms with Crippen LogP contribution in [0.4, 0.5) is 9.18 Å². The second-order valence-electron chi connectivity index (χ2n) is 4.23. The number of carbonyl (C=O) groups excluding carboxylic acids is 2. The fourth-order valence-electron chi connectivity index (χ4n) is 2.04. The number of urea groups is 1. The Morgan fingerprint density at radius 3 is 2.80 bits per heavy atom. The third-order valence-corrected chi connectivity index (χ3v) is 3.44. The van der Waals surface area contributed by atoms with Crippen molar-refractivity contribution in [2.24, 2.45) is 0 Å². The monoisotopic (exact) mass is 342 g/mol. The van der Waals surface area contributed by atoms with E-state index in [1.165, 1.54) is 25.3 Å². The van der Waals surface area contributed by atoms with E-state index in [0.29, 0.717) is 10.2 Å². The summed E-state index contributed by atoms with van der Waals surface area (Å²) in [4.78, 5) is 23.4. The van der Waals surface area contributed by atoms with Crippen molar-refractivity contribution in [1.29, 1.82) is 0 Å². The number of hydrogen-bond donors (Lipinski definition) is 2. The summed E-state index contributed by atoms with van der Waals surface area (Å²) in [5.41, 5.74) is 0.697. The molecular weight excluding hydrogens is 331 g/mol. The molecule has 106 valence electrons. The van der Waals surface area contributed by atoms with Crippen LogP contribution in [0.2, 0.25) is 0 Å². The summed E-state index contributed by atoms with van der Waals surface area (Å²) >= 11 is 3.24. The van der Waals surface area contributed by atoms with E-state index in [1.807, 2.05) is 0 Å². The van der Waals surface area contributed by atoms with Crippen LogP contribution in [0, 0.1) is 5.82 Å². The van der Waals surface area contributed by atoms with Gasteiger partial charge in [-0.25, -0.2) is 14.0 Å². The largest absolute Gasteiger partial charge is 0.466 e. The Kier molecular flexibility index (Phi) is 4.08. The van der Waals surface area contributed by atoms with E-state index < -0.39 is 23.9 Å². The van der Waals surface area contributed by atoms with Crippen LogP contribution in [0.5, 0.6) is 0 Å². The Balaban J connectivity index is 2.56. The Morgan fingerprint density at radius 2 is 2.15 bits per heavy atom. The van der Waals surface area contributed by atoms with Gasteiger partial charge in [-0.1, -0.05) is 15.9 Å². The molecule has 1 aromatic rings. The molecule has 0 bridgehead atoms. The highest BCUT2D eigenvalue weighted by Gasteiger charge is 2.33. The van der Waals surface area contributed by atoms with E-state index in [-0.39, 0.29) is 11.1 Å².